The van der Waals surface area contributed by atoms with Crippen LogP contribution in [0, 0.1) is 0 Å². The van der Waals surface area contributed by atoms with Gasteiger partial charge in [-0.1, -0.05) is 6.07 Å². The minimum Gasteiger partial charge on any atom is -0.480 e. The lowest BCUT2D eigenvalue weighted by Gasteiger charge is -2.04. The van der Waals surface area contributed by atoms with Crippen molar-refractivity contribution in [3.8, 4) is 0 Å². The van der Waals surface area contributed by atoms with Crippen LogP contribution in [0.1, 0.15) is 10.5 Å². The highest BCUT2D eigenvalue weighted by molar-refractivity contribution is 5.95. The average Bonchev–Trinajstić information content (AvgIpc) is 2.34. The van der Waals surface area contributed by atoms with Crippen molar-refractivity contribution in [3.63, 3.8) is 0 Å². The van der Waals surface area contributed by atoms with Crippen LogP contribution in [0.15, 0.2) is 24.4 Å². The van der Waals surface area contributed by atoms with Gasteiger partial charge in [-0.25, -0.2) is 0 Å². The van der Waals surface area contributed by atoms with E-state index in [2.05, 4.69) is 15.6 Å². The molecule has 0 bridgehead atoms. The Hall–Kier alpha value is -2.44. The fraction of sp³-hybridized carbons (Fsp3) is 0.200. The summed E-state index contributed by atoms with van der Waals surface area (Å²) in [5, 5.41) is 12.7. The van der Waals surface area contributed by atoms with Gasteiger partial charge in [0.25, 0.3) is 5.91 Å². The minimum absolute atomic E-state index is 0.193. The highest BCUT2D eigenvalue weighted by Crippen LogP contribution is 1.91. The molecule has 1 aromatic heterocycles. The summed E-state index contributed by atoms with van der Waals surface area (Å²) in [6, 6.07) is 4.81. The molecule has 0 radical (unpaired) electrons. The van der Waals surface area contributed by atoms with Crippen molar-refractivity contribution in [2.75, 3.05) is 13.1 Å². The first-order chi connectivity index (χ1) is 8.09. The summed E-state index contributed by atoms with van der Waals surface area (Å²) < 4.78 is 0. The molecule has 1 rings (SSSR count). The molecule has 0 aliphatic heterocycles. The van der Waals surface area contributed by atoms with Crippen molar-refractivity contribution >= 4 is 17.8 Å². The summed E-state index contributed by atoms with van der Waals surface area (Å²) in [6.07, 6.45) is 1.46. The number of aromatic nitrogens is 1. The van der Waals surface area contributed by atoms with Gasteiger partial charge in [-0.15, -0.1) is 0 Å². The molecule has 3 N–H and O–H groups in total. The number of aliphatic carboxylic acids is 1. The Balaban J connectivity index is 2.34. The van der Waals surface area contributed by atoms with Crippen LogP contribution in [0.3, 0.4) is 0 Å². The molecule has 90 valence electrons. The summed E-state index contributed by atoms with van der Waals surface area (Å²) in [4.78, 5) is 36.4. The van der Waals surface area contributed by atoms with E-state index in [1.54, 1.807) is 12.1 Å². The normalized spacial score (nSPS) is 9.41. The van der Waals surface area contributed by atoms with Gasteiger partial charge in [0.2, 0.25) is 5.91 Å². The predicted molar refractivity (Wildman–Crippen MR) is 57.2 cm³/mol. The highest BCUT2D eigenvalue weighted by atomic mass is 16.4. The third kappa shape index (κ3) is 4.74. The van der Waals surface area contributed by atoms with E-state index in [9.17, 15) is 14.4 Å². The maximum absolute atomic E-state index is 11.4. The quantitative estimate of drug-likeness (QED) is 0.609. The third-order valence-corrected chi connectivity index (χ3v) is 1.74. The van der Waals surface area contributed by atoms with Gasteiger partial charge < -0.3 is 15.7 Å². The number of rotatable bonds is 5. The lowest BCUT2D eigenvalue weighted by molar-refractivity contribution is -0.137. The van der Waals surface area contributed by atoms with Crippen LogP contribution in [0.5, 0.6) is 0 Å². The van der Waals surface area contributed by atoms with Crippen LogP contribution in [0.25, 0.3) is 0 Å². The maximum Gasteiger partial charge on any atom is 0.322 e. The van der Waals surface area contributed by atoms with Gasteiger partial charge in [0.15, 0.2) is 0 Å². The average molecular weight is 237 g/mol. The Morgan fingerprint density at radius 3 is 2.53 bits per heavy atom. The first-order valence-electron chi connectivity index (χ1n) is 4.77. The molecule has 0 saturated carbocycles. The van der Waals surface area contributed by atoms with E-state index in [1.165, 1.54) is 12.3 Å². The van der Waals surface area contributed by atoms with Crippen LogP contribution < -0.4 is 10.6 Å². The summed E-state index contributed by atoms with van der Waals surface area (Å²) in [5.74, 6) is -2.21. The standard InChI is InChI=1S/C10H11N3O4/c14-8(12-6-9(15)16)5-13-10(17)7-3-1-2-4-11-7/h1-4H,5-6H2,(H,12,14)(H,13,17)(H,15,16). The summed E-state index contributed by atoms with van der Waals surface area (Å²) in [7, 11) is 0. The largest absolute Gasteiger partial charge is 0.480 e. The molecule has 0 spiro atoms. The lowest BCUT2D eigenvalue weighted by Crippen LogP contribution is -2.39. The molecule has 17 heavy (non-hydrogen) atoms. The van der Waals surface area contributed by atoms with Gasteiger partial charge >= 0.3 is 5.97 Å². The maximum atomic E-state index is 11.4. The molecule has 1 heterocycles. The molecule has 0 fully saturated rings. The van der Waals surface area contributed by atoms with Crippen molar-refractivity contribution in [2.45, 2.75) is 0 Å². The third-order valence-electron chi connectivity index (χ3n) is 1.74. The van der Waals surface area contributed by atoms with E-state index in [4.69, 9.17) is 5.11 Å². The fourth-order valence-electron chi connectivity index (χ4n) is 0.985. The van der Waals surface area contributed by atoms with Crippen molar-refractivity contribution in [2.24, 2.45) is 0 Å². The number of nitrogens with one attached hydrogen (secondary N) is 2. The van der Waals surface area contributed by atoms with E-state index in [-0.39, 0.29) is 12.2 Å². The SMILES string of the molecule is O=C(O)CNC(=O)CNC(=O)c1ccccn1. The van der Waals surface area contributed by atoms with E-state index in [1.807, 2.05) is 0 Å². The Labute approximate surface area is 96.9 Å². The highest BCUT2D eigenvalue weighted by Gasteiger charge is 2.08. The number of hydrogen-bond donors (Lipinski definition) is 3. The number of amides is 2. The lowest BCUT2D eigenvalue weighted by atomic mass is 10.3. The Kier molecular flexibility index (Phi) is 4.61. The second kappa shape index (κ2) is 6.21. The number of carboxylic acid groups (broad SMARTS) is 1. The van der Waals surface area contributed by atoms with Crippen molar-refractivity contribution in [1.29, 1.82) is 0 Å². The van der Waals surface area contributed by atoms with Crippen LogP contribution >= 0.6 is 0 Å². The number of carboxylic acids is 1. The van der Waals surface area contributed by atoms with Crippen molar-refractivity contribution < 1.29 is 19.5 Å². The molecular weight excluding hydrogens is 226 g/mol. The molecule has 0 saturated heterocycles. The summed E-state index contributed by atoms with van der Waals surface area (Å²) in [5.41, 5.74) is 0.193. The van der Waals surface area contributed by atoms with Crippen LogP contribution in [-0.2, 0) is 9.59 Å². The number of hydrogen-bond acceptors (Lipinski definition) is 4. The van der Waals surface area contributed by atoms with E-state index < -0.39 is 24.3 Å². The Morgan fingerprint density at radius 1 is 1.18 bits per heavy atom. The second-order valence-electron chi connectivity index (χ2n) is 3.07. The Morgan fingerprint density at radius 2 is 1.94 bits per heavy atom. The number of carbonyl (C=O) groups excluding carboxylic acids is 2. The van der Waals surface area contributed by atoms with Crippen molar-refractivity contribution in [1.82, 2.24) is 15.6 Å². The molecule has 0 atom stereocenters. The second-order valence-corrected chi connectivity index (χ2v) is 3.07. The molecular formula is C10H11N3O4. The summed E-state index contributed by atoms with van der Waals surface area (Å²) >= 11 is 0. The Bertz CT molecular complexity index is 419. The molecule has 7 nitrogen and oxygen atoms in total. The van der Waals surface area contributed by atoms with Gasteiger partial charge in [0.05, 0.1) is 6.54 Å². The number of pyridine rings is 1. The van der Waals surface area contributed by atoms with Crippen molar-refractivity contribution in [3.05, 3.63) is 30.1 Å². The molecule has 0 aliphatic carbocycles. The molecule has 2 amide bonds. The molecule has 0 aliphatic rings. The fourth-order valence-corrected chi connectivity index (χ4v) is 0.985. The zero-order chi connectivity index (χ0) is 12.7. The van der Waals surface area contributed by atoms with Gasteiger partial charge in [-0.05, 0) is 12.1 Å². The molecule has 0 unspecified atom stereocenters. The van der Waals surface area contributed by atoms with Crippen LogP contribution in [0.4, 0.5) is 0 Å². The zero-order valence-electron chi connectivity index (χ0n) is 8.84. The zero-order valence-corrected chi connectivity index (χ0v) is 8.84. The van der Waals surface area contributed by atoms with E-state index in [0.29, 0.717) is 0 Å². The van der Waals surface area contributed by atoms with Crippen LogP contribution in [0.2, 0.25) is 0 Å². The van der Waals surface area contributed by atoms with Gasteiger partial charge in [0, 0.05) is 6.20 Å². The summed E-state index contributed by atoms with van der Waals surface area (Å²) in [6.45, 7) is -0.763. The first-order valence-corrected chi connectivity index (χ1v) is 4.77. The number of carbonyl (C=O) groups is 3. The first kappa shape index (κ1) is 12.6. The smallest absolute Gasteiger partial charge is 0.322 e. The van der Waals surface area contributed by atoms with Gasteiger partial charge in [-0.3, -0.25) is 19.4 Å². The minimum atomic E-state index is -1.14. The predicted octanol–water partition coefficient (Wildman–Crippen LogP) is -0.988. The number of nitrogens with zero attached hydrogens (tertiary/aromatic N) is 1. The van der Waals surface area contributed by atoms with Gasteiger partial charge in [-0.2, -0.15) is 0 Å². The molecule has 0 aromatic carbocycles. The van der Waals surface area contributed by atoms with Gasteiger partial charge in [0.1, 0.15) is 12.2 Å². The monoisotopic (exact) mass is 237 g/mol. The van der Waals surface area contributed by atoms with E-state index in [0.717, 1.165) is 0 Å². The molecule has 7 heteroatoms. The molecule has 1 aromatic rings. The van der Waals surface area contributed by atoms with Crippen LogP contribution in [-0.4, -0.2) is 41.0 Å². The topological polar surface area (TPSA) is 108 Å². The van der Waals surface area contributed by atoms with E-state index >= 15 is 0 Å².